The first-order chi connectivity index (χ1) is 8.24. The van der Waals surface area contributed by atoms with Crippen molar-refractivity contribution in [3.05, 3.63) is 29.8 Å². The van der Waals surface area contributed by atoms with Crippen LogP contribution < -0.4 is 10.2 Å². The Balaban J connectivity index is 2.19. The first kappa shape index (κ1) is 12.4. The topological polar surface area (TPSA) is 15.3 Å². The highest BCUT2D eigenvalue weighted by molar-refractivity contribution is 5.55. The number of anilines is 1. The Bertz CT molecular complexity index is 358. The summed E-state index contributed by atoms with van der Waals surface area (Å²) >= 11 is 0. The molecule has 0 radical (unpaired) electrons. The molecular formula is C15H24N2. The maximum atomic E-state index is 3.51. The Morgan fingerprint density at radius 2 is 2.06 bits per heavy atom. The van der Waals surface area contributed by atoms with Gasteiger partial charge in [0, 0.05) is 24.8 Å². The van der Waals surface area contributed by atoms with Gasteiger partial charge >= 0.3 is 0 Å². The van der Waals surface area contributed by atoms with Gasteiger partial charge in [0.25, 0.3) is 0 Å². The summed E-state index contributed by atoms with van der Waals surface area (Å²) in [4.78, 5) is 2.46. The van der Waals surface area contributed by atoms with E-state index in [-0.39, 0.29) is 0 Å². The van der Waals surface area contributed by atoms with Crippen molar-refractivity contribution in [2.75, 3.05) is 18.5 Å². The second-order valence-electron chi connectivity index (χ2n) is 5.03. The molecular weight excluding hydrogens is 208 g/mol. The van der Waals surface area contributed by atoms with Gasteiger partial charge in [-0.3, -0.25) is 0 Å². The molecule has 0 spiro atoms. The molecule has 1 aromatic carbocycles. The molecule has 1 aliphatic rings. The van der Waals surface area contributed by atoms with Gasteiger partial charge in [0.2, 0.25) is 0 Å². The molecule has 1 atom stereocenters. The molecule has 0 saturated heterocycles. The highest BCUT2D eigenvalue weighted by atomic mass is 15.1. The Hall–Kier alpha value is -1.02. The maximum Gasteiger partial charge on any atom is 0.0414 e. The molecule has 1 fully saturated rings. The average Bonchev–Trinajstić information content (AvgIpc) is 2.27. The van der Waals surface area contributed by atoms with Crippen molar-refractivity contribution in [2.45, 2.75) is 45.2 Å². The van der Waals surface area contributed by atoms with Crippen LogP contribution in [0.5, 0.6) is 0 Å². The summed E-state index contributed by atoms with van der Waals surface area (Å²) in [5.41, 5.74) is 2.81. The number of para-hydroxylation sites is 1. The fourth-order valence-electron chi connectivity index (χ4n) is 2.56. The normalized spacial score (nSPS) is 17.6. The van der Waals surface area contributed by atoms with Crippen LogP contribution in [0.15, 0.2) is 24.3 Å². The summed E-state index contributed by atoms with van der Waals surface area (Å²) in [6.45, 7) is 5.42. The first-order valence-corrected chi connectivity index (χ1v) is 6.79. The van der Waals surface area contributed by atoms with Crippen LogP contribution in [0.2, 0.25) is 0 Å². The highest BCUT2D eigenvalue weighted by Gasteiger charge is 2.24. The number of nitrogens with zero attached hydrogens (tertiary/aromatic N) is 1. The third kappa shape index (κ3) is 2.63. The SMILES string of the molecule is CCNC(C)c1ccccc1N(C)C1CCC1. The van der Waals surface area contributed by atoms with Gasteiger partial charge in [-0.2, -0.15) is 0 Å². The molecule has 2 heteroatoms. The van der Waals surface area contributed by atoms with Gasteiger partial charge in [-0.15, -0.1) is 0 Å². The predicted octanol–water partition coefficient (Wildman–Crippen LogP) is 3.35. The van der Waals surface area contributed by atoms with E-state index in [9.17, 15) is 0 Å². The number of rotatable bonds is 5. The monoisotopic (exact) mass is 232 g/mol. The van der Waals surface area contributed by atoms with Crippen molar-refractivity contribution in [1.82, 2.24) is 5.32 Å². The zero-order chi connectivity index (χ0) is 12.3. The van der Waals surface area contributed by atoms with Gasteiger partial charge in [0.05, 0.1) is 0 Å². The van der Waals surface area contributed by atoms with E-state index in [1.807, 2.05) is 0 Å². The van der Waals surface area contributed by atoms with Crippen LogP contribution in [0.4, 0.5) is 5.69 Å². The van der Waals surface area contributed by atoms with E-state index in [0.717, 1.165) is 12.6 Å². The fraction of sp³-hybridized carbons (Fsp3) is 0.600. The van der Waals surface area contributed by atoms with Crippen LogP contribution in [0.3, 0.4) is 0 Å². The predicted molar refractivity (Wildman–Crippen MR) is 74.6 cm³/mol. The lowest BCUT2D eigenvalue weighted by atomic mass is 9.90. The first-order valence-electron chi connectivity index (χ1n) is 6.79. The van der Waals surface area contributed by atoms with Gasteiger partial charge in [-0.25, -0.2) is 0 Å². The summed E-state index contributed by atoms with van der Waals surface area (Å²) in [5, 5.41) is 3.51. The molecule has 1 aliphatic carbocycles. The smallest absolute Gasteiger partial charge is 0.0414 e. The molecule has 0 amide bonds. The van der Waals surface area contributed by atoms with E-state index in [1.165, 1.54) is 30.5 Å². The number of nitrogens with one attached hydrogen (secondary N) is 1. The van der Waals surface area contributed by atoms with Crippen molar-refractivity contribution < 1.29 is 0 Å². The van der Waals surface area contributed by atoms with E-state index in [2.05, 4.69) is 55.4 Å². The van der Waals surface area contributed by atoms with Gasteiger partial charge in [-0.05, 0) is 44.4 Å². The lowest BCUT2D eigenvalue weighted by Crippen LogP contribution is -2.38. The molecule has 1 saturated carbocycles. The minimum Gasteiger partial charge on any atom is -0.371 e. The lowest BCUT2D eigenvalue weighted by Gasteiger charge is -2.38. The van der Waals surface area contributed by atoms with Crippen molar-refractivity contribution >= 4 is 5.69 Å². The third-order valence-electron chi connectivity index (χ3n) is 3.92. The number of hydrogen-bond acceptors (Lipinski definition) is 2. The van der Waals surface area contributed by atoms with Crippen LogP contribution in [0.1, 0.15) is 44.7 Å². The molecule has 0 aliphatic heterocycles. The van der Waals surface area contributed by atoms with E-state index in [0.29, 0.717) is 6.04 Å². The van der Waals surface area contributed by atoms with Crippen molar-refractivity contribution in [1.29, 1.82) is 0 Å². The quantitative estimate of drug-likeness (QED) is 0.837. The molecule has 2 nitrogen and oxygen atoms in total. The molecule has 1 unspecified atom stereocenters. The van der Waals surface area contributed by atoms with E-state index in [1.54, 1.807) is 0 Å². The summed E-state index contributed by atoms with van der Waals surface area (Å²) in [6, 6.07) is 9.97. The number of hydrogen-bond donors (Lipinski definition) is 1. The third-order valence-corrected chi connectivity index (χ3v) is 3.92. The van der Waals surface area contributed by atoms with Crippen LogP contribution in [0.25, 0.3) is 0 Å². The van der Waals surface area contributed by atoms with Crippen LogP contribution in [0, 0.1) is 0 Å². The van der Waals surface area contributed by atoms with E-state index in [4.69, 9.17) is 0 Å². The molecule has 2 rings (SSSR count). The Morgan fingerprint density at radius 1 is 1.35 bits per heavy atom. The van der Waals surface area contributed by atoms with Gasteiger partial charge in [0.1, 0.15) is 0 Å². The summed E-state index contributed by atoms with van der Waals surface area (Å²) in [6.07, 6.45) is 4.08. The largest absolute Gasteiger partial charge is 0.371 e. The van der Waals surface area contributed by atoms with Gasteiger partial charge < -0.3 is 10.2 Å². The number of benzene rings is 1. The second-order valence-corrected chi connectivity index (χ2v) is 5.03. The second kappa shape index (κ2) is 5.54. The Labute approximate surface area is 105 Å². The van der Waals surface area contributed by atoms with Crippen LogP contribution >= 0.6 is 0 Å². The molecule has 0 heterocycles. The zero-order valence-corrected chi connectivity index (χ0v) is 11.2. The van der Waals surface area contributed by atoms with Crippen LogP contribution in [-0.2, 0) is 0 Å². The van der Waals surface area contributed by atoms with Gasteiger partial charge in [0.15, 0.2) is 0 Å². The average molecular weight is 232 g/mol. The molecule has 1 aromatic rings. The molecule has 0 aromatic heterocycles. The van der Waals surface area contributed by atoms with Gasteiger partial charge in [-0.1, -0.05) is 25.1 Å². The fourth-order valence-corrected chi connectivity index (χ4v) is 2.56. The van der Waals surface area contributed by atoms with Crippen molar-refractivity contribution in [3.8, 4) is 0 Å². The van der Waals surface area contributed by atoms with E-state index >= 15 is 0 Å². The molecule has 17 heavy (non-hydrogen) atoms. The zero-order valence-electron chi connectivity index (χ0n) is 11.2. The highest BCUT2D eigenvalue weighted by Crippen LogP contribution is 2.32. The standard InChI is InChI=1S/C15H24N2/c1-4-16-12(2)14-10-5-6-11-15(14)17(3)13-8-7-9-13/h5-6,10-13,16H,4,7-9H2,1-3H3. The van der Waals surface area contributed by atoms with Crippen LogP contribution in [-0.4, -0.2) is 19.6 Å². The maximum absolute atomic E-state index is 3.51. The molecule has 1 N–H and O–H groups in total. The Morgan fingerprint density at radius 3 is 2.65 bits per heavy atom. The lowest BCUT2D eigenvalue weighted by molar-refractivity contribution is 0.400. The minimum absolute atomic E-state index is 0.429. The molecule has 94 valence electrons. The van der Waals surface area contributed by atoms with E-state index < -0.39 is 0 Å². The van der Waals surface area contributed by atoms with Crippen molar-refractivity contribution in [3.63, 3.8) is 0 Å². The summed E-state index contributed by atoms with van der Waals surface area (Å²) in [5.74, 6) is 0. The minimum atomic E-state index is 0.429. The summed E-state index contributed by atoms with van der Waals surface area (Å²) < 4.78 is 0. The Kier molecular flexibility index (Phi) is 4.06. The molecule has 0 bridgehead atoms. The summed E-state index contributed by atoms with van der Waals surface area (Å²) in [7, 11) is 2.24. The van der Waals surface area contributed by atoms with Crippen molar-refractivity contribution in [2.24, 2.45) is 0 Å².